The van der Waals surface area contributed by atoms with Gasteiger partial charge in [0.25, 0.3) is 0 Å². The summed E-state index contributed by atoms with van der Waals surface area (Å²) in [4.78, 5) is 0. The normalized spacial score (nSPS) is 22.7. The van der Waals surface area contributed by atoms with Crippen LogP contribution in [0.15, 0.2) is 0 Å². The molecule has 0 aromatic carbocycles. The van der Waals surface area contributed by atoms with Gasteiger partial charge in [-0.3, -0.25) is 0 Å². The Kier molecular flexibility index (Phi) is 3.00. The number of aromatic nitrogens is 1. The van der Waals surface area contributed by atoms with E-state index in [1.54, 1.807) is 0 Å². The van der Waals surface area contributed by atoms with Crippen molar-refractivity contribution in [2.24, 2.45) is 0 Å². The highest BCUT2D eigenvalue weighted by Gasteiger charge is 2.26. The van der Waals surface area contributed by atoms with Crippen molar-refractivity contribution in [3.63, 3.8) is 0 Å². The van der Waals surface area contributed by atoms with Crippen molar-refractivity contribution in [2.45, 2.75) is 51.2 Å². The molecule has 0 spiro atoms. The van der Waals surface area contributed by atoms with Crippen molar-refractivity contribution in [2.75, 3.05) is 12.3 Å². The van der Waals surface area contributed by atoms with Gasteiger partial charge in [-0.05, 0) is 44.1 Å². The van der Waals surface area contributed by atoms with E-state index >= 15 is 0 Å². The van der Waals surface area contributed by atoms with Gasteiger partial charge >= 0.3 is 0 Å². The smallest absolute Gasteiger partial charge is 0.122 e. The number of nitrogen functional groups attached to an aromatic ring is 1. The maximum Gasteiger partial charge on any atom is 0.122 e. The fourth-order valence-electron chi connectivity index (χ4n) is 3.22. The van der Waals surface area contributed by atoms with E-state index in [1.807, 2.05) is 0 Å². The largest absolute Gasteiger partial charge is 0.384 e. The van der Waals surface area contributed by atoms with E-state index in [2.05, 4.69) is 10.6 Å². The molecule has 1 fully saturated rings. The molecule has 1 aliphatic heterocycles. The second-order valence-corrected chi connectivity index (χ2v) is 5.25. The van der Waals surface area contributed by atoms with E-state index in [0.29, 0.717) is 11.4 Å². The molecule has 2 N–H and O–H groups in total. The molecule has 4 heteroatoms. The third-order valence-electron chi connectivity index (χ3n) is 4.14. The van der Waals surface area contributed by atoms with Crippen LogP contribution in [0.2, 0.25) is 0 Å². The summed E-state index contributed by atoms with van der Waals surface area (Å²) < 4.78 is 7.83. The minimum atomic E-state index is 0.275. The molecule has 1 atom stereocenters. The predicted molar refractivity (Wildman–Crippen MR) is 69.2 cm³/mol. The van der Waals surface area contributed by atoms with Crippen LogP contribution in [0, 0.1) is 11.3 Å². The molecule has 1 saturated heterocycles. The maximum absolute atomic E-state index is 9.27. The molecule has 0 bridgehead atoms. The van der Waals surface area contributed by atoms with Gasteiger partial charge in [0, 0.05) is 12.3 Å². The third-order valence-corrected chi connectivity index (χ3v) is 4.14. The number of rotatable bonds is 2. The second-order valence-electron chi connectivity index (χ2n) is 5.25. The fraction of sp³-hybridized carbons (Fsp3) is 0.643. The first-order valence-corrected chi connectivity index (χ1v) is 6.82. The Balaban J connectivity index is 1.97. The van der Waals surface area contributed by atoms with Crippen LogP contribution in [0.3, 0.4) is 0 Å². The summed E-state index contributed by atoms with van der Waals surface area (Å²) in [6.07, 6.45) is 6.94. The van der Waals surface area contributed by atoms with E-state index in [1.165, 1.54) is 24.1 Å². The third kappa shape index (κ3) is 1.79. The van der Waals surface area contributed by atoms with Gasteiger partial charge in [0.15, 0.2) is 0 Å². The molecule has 1 aromatic heterocycles. The molecule has 3 rings (SSSR count). The van der Waals surface area contributed by atoms with Crippen LogP contribution in [0.25, 0.3) is 0 Å². The molecule has 1 aliphatic carbocycles. The average Bonchev–Trinajstić information content (AvgIpc) is 2.98. The number of nitrogens with two attached hydrogens (primary N) is 1. The van der Waals surface area contributed by atoms with Crippen molar-refractivity contribution in [3.8, 4) is 6.07 Å². The van der Waals surface area contributed by atoms with E-state index < -0.39 is 0 Å². The molecule has 1 unspecified atom stereocenters. The average molecular weight is 245 g/mol. The van der Waals surface area contributed by atoms with Crippen LogP contribution in [0.4, 0.5) is 5.82 Å². The Morgan fingerprint density at radius 2 is 2.17 bits per heavy atom. The molecule has 1 aromatic rings. The van der Waals surface area contributed by atoms with Crippen LogP contribution in [0.1, 0.15) is 42.5 Å². The molecule has 0 amide bonds. The SMILES string of the molecule is N#Cc1c2c(n(CC3CCCO3)c1N)CCCC2. The first kappa shape index (κ1) is 11.6. The van der Waals surface area contributed by atoms with Crippen molar-refractivity contribution in [1.82, 2.24) is 4.57 Å². The summed E-state index contributed by atoms with van der Waals surface area (Å²) in [6, 6.07) is 2.28. The zero-order chi connectivity index (χ0) is 12.5. The summed E-state index contributed by atoms with van der Waals surface area (Å²) in [5.74, 6) is 0.653. The summed E-state index contributed by atoms with van der Waals surface area (Å²) in [5, 5.41) is 9.27. The lowest BCUT2D eigenvalue weighted by molar-refractivity contribution is 0.0968. The van der Waals surface area contributed by atoms with Crippen LogP contribution in [-0.4, -0.2) is 17.3 Å². The number of anilines is 1. The summed E-state index contributed by atoms with van der Waals surface area (Å²) >= 11 is 0. The first-order valence-electron chi connectivity index (χ1n) is 6.82. The number of hydrogen-bond acceptors (Lipinski definition) is 3. The number of ether oxygens (including phenoxy) is 1. The number of nitriles is 1. The monoisotopic (exact) mass is 245 g/mol. The molecule has 0 radical (unpaired) electrons. The van der Waals surface area contributed by atoms with Gasteiger partial charge in [-0.1, -0.05) is 0 Å². The Hall–Kier alpha value is -1.47. The molecule has 18 heavy (non-hydrogen) atoms. The van der Waals surface area contributed by atoms with Crippen LogP contribution in [-0.2, 0) is 24.1 Å². The first-order chi connectivity index (χ1) is 8.81. The van der Waals surface area contributed by atoms with Gasteiger partial charge in [-0.15, -0.1) is 0 Å². The van der Waals surface area contributed by atoms with Crippen LogP contribution >= 0.6 is 0 Å². The van der Waals surface area contributed by atoms with Gasteiger partial charge in [0.2, 0.25) is 0 Å². The fourth-order valence-corrected chi connectivity index (χ4v) is 3.22. The zero-order valence-corrected chi connectivity index (χ0v) is 10.6. The molecule has 4 nitrogen and oxygen atoms in total. The van der Waals surface area contributed by atoms with Crippen molar-refractivity contribution in [3.05, 3.63) is 16.8 Å². The lowest BCUT2D eigenvalue weighted by Gasteiger charge is -2.18. The standard InChI is InChI=1S/C14H19N3O/c15-8-12-11-5-1-2-6-13(11)17(14(12)16)9-10-4-3-7-18-10/h10H,1-7,9,16H2. The molecule has 0 saturated carbocycles. The summed E-state index contributed by atoms with van der Waals surface area (Å²) in [7, 11) is 0. The topological polar surface area (TPSA) is 64.0 Å². The van der Waals surface area contributed by atoms with E-state index in [9.17, 15) is 5.26 Å². The highest BCUT2D eigenvalue weighted by molar-refractivity contribution is 5.59. The molecular formula is C14H19N3O. The van der Waals surface area contributed by atoms with Gasteiger partial charge in [-0.2, -0.15) is 5.26 Å². The zero-order valence-electron chi connectivity index (χ0n) is 10.6. The van der Waals surface area contributed by atoms with Crippen molar-refractivity contribution in [1.29, 1.82) is 5.26 Å². The Labute approximate surface area is 107 Å². The van der Waals surface area contributed by atoms with Crippen molar-refractivity contribution >= 4 is 5.82 Å². The van der Waals surface area contributed by atoms with E-state index in [0.717, 1.165) is 38.8 Å². The Morgan fingerprint density at radius 1 is 1.33 bits per heavy atom. The van der Waals surface area contributed by atoms with Gasteiger partial charge in [0.05, 0.1) is 18.2 Å². The predicted octanol–water partition coefficient (Wildman–Crippen LogP) is 2.00. The second kappa shape index (κ2) is 4.66. The van der Waals surface area contributed by atoms with Gasteiger partial charge in [-0.25, -0.2) is 0 Å². The van der Waals surface area contributed by atoms with Crippen molar-refractivity contribution < 1.29 is 4.74 Å². The minimum Gasteiger partial charge on any atom is -0.384 e. The molecule has 2 heterocycles. The van der Waals surface area contributed by atoms with Crippen LogP contribution < -0.4 is 5.73 Å². The summed E-state index contributed by atoms with van der Waals surface area (Å²) in [6.45, 7) is 1.68. The van der Waals surface area contributed by atoms with Gasteiger partial charge in [0.1, 0.15) is 11.9 Å². The van der Waals surface area contributed by atoms with E-state index in [4.69, 9.17) is 10.5 Å². The van der Waals surface area contributed by atoms with Gasteiger partial charge < -0.3 is 15.0 Å². The maximum atomic E-state index is 9.27. The van der Waals surface area contributed by atoms with E-state index in [-0.39, 0.29) is 6.10 Å². The number of hydrogen-bond donors (Lipinski definition) is 1. The molecule has 2 aliphatic rings. The number of fused-ring (bicyclic) bond motifs is 1. The number of nitrogens with zero attached hydrogens (tertiary/aromatic N) is 2. The lowest BCUT2D eigenvalue weighted by atomic mass is 9.95. The molecule has 96 valence electrons. The Morgan fingerprint density at radius 3 is 2.89 bits per heavy atom. The Bertz CT molecular complexity index is 492. The molecular weight excluding hydrogens is 226 g/mol. The minimum absolute atomic E-state index is 0.275. The quantitative estimate of drug-likeness (QED) is 0.866. The lowest BCUT2D eigenvalue weighted by Crippen LogP contribution is -2.19. The highest BCUT2D eigenvalue weighted by Crippen LogP contribution is 2.32. The van der Waals surface area contributed by atoms with Crippen LogP contribution in [0.5, 0.6) is 0 Å². The summed E-state index contributed by atoms with van der Waals surface area (Å²) in [5.41, 5.74) is 9.35. The highest BCUT2D eigenvalue weighted by atomic mass is 16.5.